The Hall–Kier alpha value is -3.13. The molecular formula is C28H36N6O6S. The minimum atomic E-state index is -3.78. The predicted octanol–water partition coefficient (Wildman–Crippen LogP) is 3.07. The smallest absolute Gasteiger partial charge is 0.283 e. The zero-order valence-electron chi connectivity index (χ0n) is 23.4. The maximum Gasteiger partial charge on any atom is 0.283 e. The van der Waals surface area contributed by atoms with Crippen LogP contribution in [-0.4, -0.2) is 80.3 Å². The lowest BCUT2D eigenvalue weighted by atomic mass is 9.82. The molecule has 1 N–H and O–H groups in total. The Morgan fingerprint density at radius 3 is 2.59 bits per heavy atom. The molecule has 2 saturated heterocycles. The van der Waals surface area contributed by atoms with Crippen molar-refractivity contribution in [2.45, 2.75) is 50.4 Å². The molecule has 3 fully saturated rings. The number of piperidine rings is 1. The SMILES string of the molecule is COCC1CCN(c2cc(C(=O)NS(C)(=O)=O)nc3c2c(C2CCC2)nn3-c2ccnc(C3CCOOC3)c2)CC1. The summed E-state index contributed by atoms with van der Waals surface area (Å²) in [6.45, 7) is 3.21. The van der Waals surface area contributed by atoms with Gasteiger partial charge in [-0.3, -0.25) is 9.78 Å². The molecule has 0 aromatic carbocycles. The number of hydrogen-bond acceptors (Lipinski definition) is 10. The Morgan fingerprint density at radius 1 is 1.12 bits per heavy atom. The van der Waals surface area contributed by atoms with Crippen molar-refractivity contribution in [2.75, 3.05) is 51.2 Å². The molecule has 220 valence electrons. The molecule has 1 amide bonds. The Bertz CT molecular complexity index is 1520. The van der Waals surface area contributed by atoms with Crippen molar-refractivity contribution in [1.29, 1.82) is 0 Å². The lowest BCUT2D eigenvalue weighted by molar-refractivity contribution is -0.317. The van der Waals surface area contributed by atoms with E-state index in [9.17, 15) is 13.2 Å². The lowest BCUT2D eigenvalue weighted by Gasteiger charge is -2.34. The first-order valence-corrected chi connectivity index (χ1v) is 16.1. The van der Waals surface area contributed by atoms with Gasteiger partial charge in [-0.05, 0) is 56.2 Å². The number of fused-ring (bicyclic) bond motifs is 1. The zero-order valence-corrected chi connectivity index (χ0v) is 24.2. The number of sulfonamides is 1. The quantitative estimate of drug-likeness (QED) is 0.393. The van der Waals surface area contributed by atoms with Crippen LogP contribution in [0.5, 0.6) is 0 Å². The van der Waals surface area contributed by atoms with E-state index in [-0.39, 0.29) is 11.6 Å². The van der Waals surface area contributed by atoms with Crippen LogP contribution in [0.2, 0.25) is 0 Å². The maximum atomic E-state index is 13.1. The van der Waals surface area contributed by atoms with Gasteiger partial charge in [0.1, 0.15) is 5.69 Å². The van der Waals surface area contributed by atoms with E-state index >= 15 is 0 Å². The van der Waals surface area contributed by atoms with E-state index in [4.69, 9.17) is 24.6 Å². The fraction of sp³-hybridized carbons (Fsp3) is 0.571. The number of pyridine rings is 2. The molecule has 6 rings (SSSR count). The fourth-order valence-corrected chi connectivity index (χ4v) is 6.36. The molecule has 1 aliphatic carbocycles. The summed E-state index contributed by atoms with van der Waals surface area (Å²) < 4.78 is 33.2. The number of rotatable bonds is 8. The number of nitrogens with one attached hydrogen (secondary N) is 1. The monoisotopic (exact) mass is 584 g/mol. The predicted molar refractivity (Wildman–Crippen MR) is 152 cm³/mol. The molecule has 13 heteroatoms. The van der Waals surface area contributed by atoms with Crippen molar-refractivity contribution in [2.24, 2.45) is 5.92 Å². The standard InChI is InChI=1S/C28H36N6O6S/c1-38-16-18-7-11-33(12-8-18)24-15-23(28(35)32-41(2,36)37)30-27-25(24)26(19-4-3-5-19)31-34(27)21-6-10-29-22(14-21)20-9-13-39-40-17-20/h6,10,14-15,18-20H,3-5,7-9,11-13,16-17H2,1-2H3,(H,32,35). The Kier molecular flexibility index (Phi) is 7.94. The van der Waals surface area contributed by atoms with E-state index in [1.54, 1.807) is 24.1 Å². The van der Waals surface area contributed by atoms with Gasteiger partial charge in [-0.2, -0.15) is 5.10 Å². The van der Waals surface area contributed by atoms with Gasteiger partial charge in [0.2, 0.25) is 10.0 Å². The number of carbonyl (C=O) groups is 1. The molecular weight excluding hydrogens is 548 g/mol. The maximum absolute atomic E-state index is 13.1. The van der Waals surface area contributed by atoms with Crippen LogP contribution in [0.1, 0.15) is 72.2 Å². The van der Waals surface area contributed by atoms with Gasteiger partial charge in [0.15, 0.2) is 5.65 Å². The van der Waals surface area contributed by atoms with Gasteiger partial charge in [0.25, 0.3) is 5.91 Å². The molecule has 1 atom stereocenters. The zero-order chi connectivity index (χ0) is 28.6. The van der Waals surface area contributed by atoms with Crippen molar-refractivity contribution in [1.82, 2.24) is 24.5 Å². The number of methoxy groups -OCH3 is 1. The van der Waals surface area contributed by atoms with E-state index in [0.717, 1.165) is 92.6 Å². The molecule has 41 heavy (non-hydrogen) atoms. The molecule has 1 saturated carbocycles. The van der Waals surface area contributed by atoms with Crippen molar-refractivity contribution in [3.63, 3.8) is 0 Å². The third kappa shape index (κ3) is 5.94. The molecule has 3 aromatic rings. The minimum absolute atomic E-state index is 0.0327. The summed E-state index contributed by atoms with van der Waals surface area (Å²) >= 11 is 0. The summed E-state index contributed by atoms with van der Waals surface area (Å²) in [4.78, 5) is 35.0. The van der Waals surface area contributed by atoms with E-state index in [2.05, 4.69) is 14.6 Å². The van der Waals surface area contributed by atoms with Crippen LogP contribution in [0.15, 0.2) is 24.4 Å². The molecule has 0 bridgehead atoms. The molecule has 1 unspecified atom stereocenters. The second-order valence-corrected chi connectivity index (χ2v) is 13.0. The fourth-order valence-electron chi connectivity index (χ4n) is 5.92. The number of aromatic nitrogens is 4. The highest BCUT2D eigenvalue weighted by atomic mass is 32.2. The molecule has 0 radical (unpaired) electrons. The topological polar surface area (TPSA) is 138 Å². The van der Waals surface area contributed by atoms with Crippen molar-refractivity contribution >= 4 is 32.7 Å². The summed E-state index contributed by atoms with van der Waals surface area (Å²) in [7, 11) is -2.05. The van der Waals surface area contributed by atoms with Crippen molar-refractivity contribution in [3.05, 3.63) is 41.5 Å². The van der Waals surface area contributed by atoms with E-state index in [0.29, 0.717) is 30.7 Å². The Balaban J connectivity index is 1.50. The van der Waals surface area contributed by atoms with Crippen LogP contribution < -0.4 is 9.62 Å². The molecule has 3 aliphatic rings. The molecule has 12 nitrogen and oxygen atoms in total. The van der Waals surface area contributed by atoms with Gasteiger partial charge in [0, 0.05) is 50.5 Å². The van der Waals surface area contributed by atoms with Crippen LogP contribution in [-0.2, 0) is 24.5 Å². The lowest BCUT2D eigenvalue weighted by Crippen LogP contribution is -2.36. The Morgan fingerprint density at radius 2 is 1.93 bits per heavy atom. The van der Waals surface area contributed by atoms with Gasteiger partial charge in [-0.25, -0.2) is 32.6 Å². The number of hydrogen-bond donors (Lipinski definition) is 1. The van der Waals surface area contributed by atoms with Gasteiger partial charge in [-0.15, -0.1) is 0 Å². The molecule has 5 heterocycles. The normalized spacial score (nSPS) is 20.7. The van der Waals surface area contributed by atoms with Crippen molar-refractivity contribution < 1.29 is 27.7 Å². The van der Waals surface area contributed by atoms with Gasteiger partial charge >= 0.3 is 0 Å². The van der Waals surface area contributed by atoms with E-state index < -0.39 is 15.9 Å². The minimum Gasteiger partial charge on any atom is -0.384 e. The van der Waals surface area contributed by atoms with Crippen LogP contribution in [0.4, 0.5) is 5.69 Å². The first kappa shape index (κ1) is 28.0. The first-order chi connectivity index (χ1) is 19.8. The summed E-state index contributed by atoms with van der Waals surface area (Å²) in [5.41, 5.74) is 4.04. The number of carbonyl (C=O) groups excluding carboxylic acids is 1. The molecule has 3 aromatic heterocycles. The molecule has 0 spiro atoms. The van der Waals surface area contributed by atoms with Crippen LogP contribution in [0.3, 0.4) is 0 Å². The van der Waals surface area contributed by atoms with E-state index in [1.807, 2.05) is 12.1 Å². The largest absolute Gasteiger partial charge is 0.384 e. The van der Waals surface area contributed by atoms with Crippen LogP contribution in [0, 0.1) is 5.92 Å². The number of amides is 1. The third-order valence-electron chi connectivity index (χ3n) is 8.33. The number of ether oxygens (including phenoxy) is 1. The van der Waals surface area contributed by atoms with Gasteiger partial charge in [0.05, 0.1) is 41.9 Å². The highest BCUT2D eigenvalue weighted by Crippen LogP contribution is 2.43. The third-order valence-corrected chi connectivity index (χ3v) is 8.89. The average Bonchev–Trinajstić information content (AvgIpc) is 3.31. The summed E-state index contributed by atoms with van der Waals surface area (Å²) in [5.74, 6) is 0.0910. The van der Waals surface area contributed by atoms with Crippen LogP contribution in [0.25, 0.3) is 16.7 Å². The first-order valence-electron chi connectivity index (χ1n) is 14.2. The van der Waals surface area contributed by atoms with E-state index in [1.165, 1.54) is 0 Å². The summed E-state index contributed by atoms with van der Waals surface area (Å²) in [5, 5.41) is 6.04. The van der Waals surface area contributed by atoms with Gasteiger partial charge < -0.3 is 9.64 Å². The summed E-state index contributed by atoms with van der Waals surface area (Å²) in [6.07, 6.45) is 8.63. The number of nitrogens with zero attached hydrogens (tertiary/aromatic N) is 5. The second-order valence-electron chi connectivity index (χ2n) is 11.3. The number of anilines is 1. The van der Waals surface area contributed by atoms with Crippen LogP contribution >= 0.6 is 0 Å². The highest BCUT2D eigenvalue weighted by molar-refractivity contribution is 7.89. The Labute approximate surface area is 239 Å². The summed E-state index contributed by atoms with van der Waals surface area (Å²) in [6, 6.07) is 5.59. The van der Waals surface area contributed by atoms with Crippen molar-refractivity contribution in [3.8, 4) is 5.69 Å². The van der Waals surface area contributed by atoms with Gasteiger partial charge in [-0.1, -0.05) is 6.42 Å². The molecule has 2 aliphatic heterocycles. The average molecular weight is 585 g/mol. The highest BCUT2D eigenvalue weighted by Gasteiger charge is 2.32. The second kappa shape index (κ2) is 11.6.